The summed E-state index contributed by atoms with van der Waals surface area (Å²) >= 11 is 0. The summed E-state index contributed by atoms with van der Waals surface area (Å²) in [5.74, 6) is 0.473. The first-order valence-corrected chi connectivity index (χ1v) is 9.12. The lowest BCUT2D eigenvalue weighted by Crippen LogP contribution is -2.40. The third kappa shape index (κ3) is 4.51. The van der Waals surface area contributed by atoms with Gasteiger partial charge in [-0.25, -0.2) is 0 Å². The lowest BCUT2D eigenvalue weighted by atomic mass is 10.1. The minimum absolute atomic E-state index is 0.00125. The van der Waals surface area contributed by atoms with E-state index < -0.39 is 0 Å². The van der Waals surface area contributed by atoms with Crippen LogP contribution in [0.4, 0.5) is 5.69 Å². The van der Waals surface area contributed by atoms with E-state index in [-0.39, 0.29) is 24.2 Å². The van der Waals surface area contributed by atoms with Crippen LogP contribution in [0.25, 0.3) is 0 Å². The van der Waals surface area contributed by atoms with Crippen molar-refractivity contribution in [1.82, 2.24) is 10.2 Å². The molecule has 2 fully saturated rings. The van der Waals surface area contributed by atoms with Gasteiger partial charge in [0, 0.05) is 31.7 Å². The Bertz CT molecular complexity index is 596. The molecule has 1 N–H and O–H groups in total. The molecular weight excluding hydrogens is 318 g/mol. The quantitative estimate of drug-likeness (QED) is 0.852. The first-order chi connectivity index (χ1) is 12.2. The number of hydrogen-bond donors (Lipinski definition) is 1. The van der Waals surface area contributed by atoms with Crippen molar-refractivity contribution >= 4 is 17.5 Å². The summed E-state index contributed by atoms with van der Waals surface area (Å²) in [6, 6.07) is 7.37. The number of carbonyl (C=O) groups excluding carboxylic acids is 2. The maximum absolute atomic E-state index is 12.4. The van der Waals surface area contributed by atoms with Crippen LogP contribution in [-0.2, 0) is 9.59 Å². The molecule has 2 saturated heterocycles. The van der Waals surface area contributed by atoms with Gasteiger partial charge in [0.15, 0.2) is 0 Å². The number of rotatable bonds is 6. The molecule has 1 atom stereocenters. The molecule has 136 valence electrons. The number of nitrogens with zero attached hydrogens (tertiary/aromatic N) is 2. The highest BCUT2D eigenvalue weighted by Crippen LogP contribution is 2.26. The van der Waals surface area contributed by atoms with E-state index in [4.69, 9.17) is 4.74 Å². The molecule has 2 aliphatic heterocycles. The Labute approximate surface area is 149 Å². The molecule has 0 aromatic heterocycles. The molecule has 3 rings (SSSR count). The third-order valence-electron chi connectivity index (χ3n) is 5.06. The molecule has 0 aliphatic carbocycles. The number of carbonyl (C=O) groups is 2. The van der Waals surface area contributed by atoms with Gasteiger partial charge in [-0.2, -0.15) is 0 Å². The largest absolute Gasteiger partial charge is 0.497 e. The fraction of sp³-hybridized carbons (Fsp3) is 0.579. The molecule has 0 unspecified atom stereocenters. The smallest absolute Gasteiger partial charge is 0.227 e. The lowest BCUT2D eigenvalue weighted by molar-refractivity contribution is -0.126. The predicted molar refractivity (Wildman–Crippen MR) is 96.8 cm³/mol. The van der Waals surface area contributed by atoms with Crippen molar-refractivity contribution in [3.8, 4) is 5.75 Å². The number of ether oxygens (including phenoxy) is 1. The molecule has 25 heavy (non-hydrogen) atoms. The van der Waals surface area contributed by atoms with Gasteiger partial charge in [-0.1, -0.05) is 6.42 Å². The number of nitrogens with one attached hydrogen (secondary N) is 1. The van der Waals surface area contributed by atoms with Crippen LogP contribution in [0.5, 0.6) is 5.75 Å². The van der Waals surface area contributed by atoms with Crippen LogP contribution in [0, 0.1) is 5.92 Å². The summed E-state index contributed by atoms with van der Waals surface area (Å²) in [4.78, 5) is 28.7. The zero-order valence-electron chi connectivity index (χ0n) is 14.9. The number of benzene rings is 1. The van der Waals surface area contributed by atoms with Gasteiger partial charge in [-0.15, -0.1) is 0 Å². The number of hydrogen-bond acceptors (Lipinski definition) is 4. The summed E-state index contributed by atoms with van der Waals surface area (Å²) in [5.41, 5.74) is 0.814. The Morgan fingerprint density at radius 2 is 1.92 bits per heavy atom. The highest BCUT2D eigenvalue weighted by molar-refractivity contribution is 6.00. The van der Waals surface area contributed by atoms with E-state index in [0.29, 0.717) is 13.1 Å². The minimum Gasteiger partial charge on any atom is -0.497 e. The van der Waals surface area contributed by atoms with Crippen LogP contribution in [0.1, 0.15) is 25.7 Å². The molecule has 2 heterocycles. The molecule has 1 aromatic carbocycles. The monoisotopic (exact) mass is 345 g/mol. The van der Waals surface area contributed by atoms with Gasteiger partial charge in [-0.05, 0) is 50.2 Å². The van der Waals surface area contributed by atoms with Crippen molar-refractivity contribution in [2.24, 2.45) is 5.92 Å². The van der Waals surface area contributed by atoms with E-state index in [9.17, 15) is 9.59 Å². The second-order valence-corrected chi connectivity index (χ2v) is 6.80. The molecule has 0 radical (unpaired) electrons. The normalized spacial score (nSPS) is 21.4. The first kappa shape index (κ1) is 17.7. The van der Waals surface area contributed by atoms with E-state index in [2.05, 4.69) is 10.2 Å². The molecule has 0 bridgehead atoms. The maximum Gasteiger partial charge on any atom is 0.227 e. The van der Waals surface area contributed by atoms with Crippen molar-refractivity contribution in [2.45, 2.75) is 25.7 Å². The van der Waals surface area contributed by atoms with Crippen LogP contribution < -0.4 is 15.0 Å². The van der Waals surface area contributed by atoms with Gasteiger partial charge in [0.05, 0.1) is 13.0 Å². The van der Waals surface area contributed by atoms with Gasteiger partial charge < -0.3 is 19.9 Å². The van der Waals surface area contributed by atoms with E-state index >= 15 is 0 Å². The zero-order chi connectivity index (χ0) is 17.6. The number of likely N-dealkylation sites (tertiary alicyclic amines) is 1. The highest BCUT2D eigenvalue weighted by Gasteiger charge is 2.35. The number of anilines is 1. The molecule has 0 saturated carbocycles. The SMILES string of the molecule is COc1ccc(N2C[C@H](C(=O)NCCN3CCCCC3)CC2=O)cc1. The number of amides is 2. The van der Waals surface area contributed by atoms with Crippen molar-refractivity contribution in [1.29, 1.82) is 0 Å². The lowest BCUT2D eigenvalue weighted by Gasteiger charge is -2.26. The predicted octanol–water partition coefficient (Wildman–Crippen LogP) is 1.65. The van der Waals surface area contributed by atoms with Crippen LogP contribution in [0.2, 0.25) is 0 Å². The topological polar surface area (TPSA) is 61.9 Å². The van der Waals surface area contributed by atoms with Gasteiger partial charge in [0.25, 0.3) is 0 Å². The molecule has 2 amide bonds. The molecule has 0 spiro atoms. The third-order valence-corrected chi connectivity index (χ3v) is 5.06. The number of methoxy groups -OCH3 is 1. The highest BCUT2D eigenvalue weighted by atomic mass is 16.5. The minimum atomic E-state index is -0.268. The standard InChI is InChI=1S/C19H27N3O3/c1-25-17-7-5-16(6-8-17)22-14-15(13-18(22)23)19(24)20-9-12-21-10-3-2-4-11-21/h5-8,15H,2-4,9-14H2,1H3,(H,20,24)/t15-/m1/s1. The van der Waals surface area contributed by atoms with Gasteiger partial charge >= 0.3 is 0 Å². The van der Waals surface area contributed by atoms with Crippen molar-refractivity contribution in [2.75, 3.05) is 44.7 Å². The Morgan fingerprint density at radius 1 is 1.20 bits per heavy atom. The van der Waals surface area contributed by atoms with E-state index in [1.807, 2.05) is 24.3 Å². The molecule has 2 aliphatic rings. The summed E-state index contributed by atoms with van der Waals surface area (Å²) in [6.07, 6.45) is 4.10. The van der Waals surface area contributed by atoms with Gasteiger partial charge in [-0.3, -0.25) is 9.59 Å². The maximum atomic E-state index is 12.4. The Hall–Kier alpha value is -2.08. The van der Waals surface area contributed by atoms with Crippen LogP contribution >= 0.6 is 0 Å². The van der Waals surface area contributed by atoms with Gasteiger partial charge in [0.2, 0.25) is 11.8 Å². The second kappa shape index (κ2) is 8.34. The summed E-state index contributed by atoms with van der Waals surface area (Å²) < 4.78 is 5.14. The van der Waals surface area contributed by atoms with Crippen LogP contribution in [-0.4, -0.2) is 56.5 Å². The average molecular weight is 345 g/mol. The van der Waals surface area contributed by atoms with Crippen LogP contribution in [0.3, 0.4) is 0 Å². The Kier molecular flexibility index (Phi) is 5.91. The fourth-order valence-corrected chi connectivity index (χ4v) is 3.56. The van der Waals surface area contributed by atoms with Crippen molar-refractivity contribution in [3.05, 3.63) is 24.3 Å². The zero-order valence-corrected chi connectivity index (χ0v) is 14.9. The second-order valence-electron chi connectivity index (χ2n) is 6.80. The van der Waals surface area contributed by atoms with Crippen molar-refractivity contribution in [3.63, 3.8) is 0 Å². The van der Waals surface area contributed by atoms with E-state index in [1.54, 1.807) is 12.0 Å². The van der Waals surface area contributed by atoms with Crippen molar-refractivity contribution < 1.29 is 14.3 Å². The fourth-order valence-electron chi connectivity index (χ4n) is 3.56. The summed E-state index contributed by atoms with van der Waals surface area (Å²) in [5, 5.41) is 3.00. The molecule has 1 aromatic rings. The average Bonchev–Trinajstić information content (AvgIpc) is 3.04. The molecular formula is C19H27N3O3. The van der Waals surface area contributed by atoms with Gasteiger partial charge in [0.1, 0.15) is 5.75 Å². The number of piperidine rings is 1. The first-order valence-electron chi connectivity index (χ1n) is 9.12. The summed E-state index contributed by atoms with van der Waals surface area (Å²) in [6.45, 7) is 4.26. The van der Waals surface area contributed by atoms with Crippen LogP contribution in [0.15, 0.2) is 24.3 Å². The molecule has 6 heteroatoms. The van der Waals surface area contributed by atoms with E-state index in [0.717, 1.165) is 31.1 Å². The van der Waals surface area contributed by atoms with E-state index in [1.165, 1.54) is 19.3 Å². The Morgan fingerprint density at radius 3 is 2.60 bits per heavy atom. The molecule has 6 nitrogen and oxygen atoms in total. The Balaban J connectivity index is 1.48. The summed E-state index contributed by atoms with van der Waals surface area (Å²) in [7, 11) is 1.61.